The Morgan fingerprint density at radius 1 is 1.39 bits per heavy atom. The van der Waals surface area contributed by atoms with Gasteiger partial charge in [-0.1, -0.05) is 36.1 Å². The molecule has 2 rings (SSSR count). The predicted molar refractivity (Wildman–Crippen MR) is 114 cm³/mol. The fourth-order valence-corrected chi connectivity index (χ4v) is 5.32. The number of sulfonamides is 1. The summed E-state index contributed by atoms with van der Waals surface area (Å²) in [6, 6.07) is 4.15. The summed E-state index contributed by atoms with van der Waals surface area (Å²) in [7, 11) is -2.30. The Bertz CT molecular complexity index is 930. The fraction of sp³-hybridized carbons (Fsp3) is 0.471. The van der Waals surface area contributed by atoms with E-state index in [0.29, 0.717) is 16.6 Å². The maximum absolute atomic E-state index is 12.8. The molecule has 8 nitrogen and oxygen atoms in total. The molecule has 0 spiro atoms. The van der Waals surface area contributed by atoms with Crippen molar-refractivity contribution in [2.24, 2.45) is 0 Å². The van der Waals surface area contributed by atoms with E-state index in [-0.39, 0.29) is 0 Å². The molecule has 1 amide bonds. The van der Waals surface area contributed by atoms with Crippen molar-refractivity contribution in [1.29, 1.82) is 0 Å². The van der Waals surface area contributed by atoms with E-state index in [0.717, 1.165) is 32.6 Å². The van der Waals surface area contributed by atoms with Crippen molar-refractivity contribution in [3.8, 4) is 5.75 Å². The summed E-state index contributed by atoms with van der Waals surface area (Å²) in [5, 5.41) is 11.0. The van der Waals surface area contributed by atoms with Gasteiger partial charge in [-0.25, -0.2) is 8.42 Å². The smallest absolute Gasteiger partial charge is 0.249 e. The lowest BCUT2D eigenvalue weighted by Crippen LogP contribution is -2.45. The van der Waals surface area contributed by atoms with Crippen molar-refractivity contribution in [2.45, 2.75) is 37.6 Å². The highest BCUT2D eigenvalue weighted by molar-refractivity contribution is 8.01. The molecule has 0 radical (unpaired) electrons. The van der Waals surface area contributed by atoms with Gasteiger partial charge in [0.1, 0.15) is 11.8 Å². The van der Waals surface area contributed by atoms with Gasteiger partial charge in [0.15, 0.2) is 4.34 Å². The molecular formula is C17H24N4O4S3. The highest BCUT2D eigenvalue weighted by atomic mass is 32.2. The molecule has 0 aliphatic carbocycles. The molecule has 0 bridgehead atoms. The molecule has 0 aliphatic rings. The van der Waals surface area contributed by atoms with Crippen LogP contribution in [0.3, 0.4) is 0 Å². The van der Waals surface area contributed by atoms with Gasteiger partial charge >= 0.3 is 0 Å². The first-order chi connectivity index (χ1) is 13.2. The van der Waals surface area contributed by atoms with Gasteiger partial charge in [0.05, 0.1) is 19.1 Å². The van der Waals surface area contributed by atoms with Crippen molar-refractivity contribution in [2.75, 3.05) is 28.7 Å². The van der Waals surface area contributed by atoms with Crippen LogP contribution in [0.15, 0.2) is 22.5 Å². The first-order valence-corrected chi connectivity index (χ1v) is 12.2. The SMILES string of the molecule is CCCSc1nnc(NC(=O)[C@@H](C)N(c2cc(C)ccc2OC)S(C)(=O)=O)s1. The molecule has 1 heterocycles. The average Bonchev–Trinajstić information content (AvgIpc) is 3.06. The number of hydrogen-bond donors (Lipinski definition) is 1. The number of nitrogens with one attached hydrogen (secondary N) is 1. The molecule has 0 saturated carbocycles. The minimum Gasteiger partial charge on any atom is -0.495 e. The van der Waals surface area contributed by atoms with Crippen LogP contribution < -0.4 is 14.4 Å². The zero-order valence-corrected chi connectivity index (χ0v) is 18.9. The second kappa shape index (κ2) is 9.57. The van der Waals surface area contributed by atoms with E-state index in [1.165, 1.54) is 25.4 Å². The lowest BCUT2D eigenvalue weighted by molar-refractivity contribution is -0.116. The molecular weight excluding hydrogens is 420 g/mol. The first kappa shape index (κ1) is 22.4. The van der Waals surface area contributed by atoms with Gasteiger partial charge in [0, 0.05) is 5.75 Å². The maximum Gasteiger partial charge on any atom is 0.249 e. The summed E-state index contributed by atoms with van der Waals surface area (Å²) >= 11 is 2.82. The highest BCUT2D eigenvalue weighted by Gasteiger charge is 2.31. The molecule has 1 N–H and O–H groups in total. The fourth-order valence-electron chi connectivity index (χ4n) is 2.47. The second-order valence-electron chi connectivity index (χ2n) is 6.12. The minimum absolute atomic E-state index is 0.309. The van der Waals surface area contributed by atoms with Crippen molar-refractivity contribution in [3.05, 3.63) is 23.8 Å². The number of aromatic nitrogens is 2. The molecule has 1 atom stereocenters. The number of anilines is 2. The monoisotopic (exact) mass is 444 g/mol. The molecule has 0 unspecified atom stereocenters. The number of thioether (sulfide) groups is 1. The predicted octanol–water partition coefficient (Wildman–Crippen LogP) is 3.15. The number of amides is 1. The summed E-state index contributed by atoms with van der Waals surface area (Å²) in [6.45, 7) is 5.43. The number of nitrogens with zero attached hydrogens (tertiary/aromatic N) is 3. The van der Waals surface area contributed by atoms with E-state index >= 15 is 0 Å². The Labute approximate surface area is 173 Å². The van der Waals surface area contributed by atoms with E-state index in [1.54, 1.807) is 23.9 Å². The van der Waals surface area contributed by atoms with Crippen molar-refractivity contribution >= 4 is 49.8 Å². The van der Waals surface area contributed by atoms with Crippen LogP contribution >= 0.6 is 23.1 Å². The van der Waals surface area contributed by atoms with Gasteiger partial charge in [-0.3, -0.25) is 14.4 Å². The van der Waals surface area contributed by atoms with E-state index in [2.05, 4.69) is 22.4 Å². The number of hydrogen-bond acceptors (Lipinski definition) is 8. The Kier molecular flexibility index (Phi) is 7.67. The van der Waals surface area contributed by atoms with Gasteiger partial charge in [-0.05, 0) is 38.0 Å². The van der Waals surface area contributed by atoms with Crippen LogP contribution in [0.2, 0.25) is 0 Å². The summed E-state index contributed by atoms with van der Waals surface area (Å²) in [5.41, 5.74) is 1.16. The molecule has 0 aliphatic heterocycles. The van der Waals surface area contributed by atoms with Crippen LogP contribution in [0.4, 0.5) is 10.8 Å². The van der Waals surface area contributed by atoms with E-state index in [1.807, 2.05) is 13.0 Å². The average molecular weight is 445 g/mol. The van der Waals surface area contributed by atoms with E-state index in [4.69, 9.17) is 4.74 Å². The van der Waals surface area contributed by atoms with Gasteiger partial charge in [-0.2, -0.15) is 0 Å². The third-order valence-corrected chi connectivity index (χ3v) is 7.13. The van der Waals surface area contributed by atoms with Gasteiger partial charge in [0.25, 0.3) is 0 Å². The Balaban J connectivity index is 2.28. The maximum atomic E-state index is 12.8. The van der Waals surface area contributed by atoms with Gasteiger partial charge in [0.2, 0.25) is 21.1 Å². The molecule has 28 heavy (non-hydrogen) atoms. The molecule has 1 aromatic heterocycles. The molecule has 0 fully saturated rings. The van der Waals surface area contributed by atoms with E-state index < -0.39 is 22.0 Å². The number of carbonyl (C=O) groups excluding carboxylic acids is 1. The summed E-state index contributed by atoms with van der Waals surface area (Å²) < 4.78 is 32.1. The third-order valence-electron chi connectivity index (χ3n) is 3.73. The highest BCUT2D eigenvalue weighted by Crippen LogP contribution is 2.33. The van der Waals surface area contributed by atoms with Crippen LogP contribution in [0.25, 0.3) is 0 Å². The van der Waals surface area contributed by atoms with Gasteiger partial charge in [-0.15, -0.1) is 10.2 Å². The van der Waals surface area contributed by atoms with Crippen LogP contribution in [0, 0.1) is 6.92 Å². The first-order valence-electron chi connectivity index (χ1n) is 8.58. The van der Waals surface area contributed by atoms with Gasteiger partial charge < -0.3 is 4.74 Å². The lowest BCUT2D eigenvalue weighted by atomic mass is 10.2. The molecule has 2 aromatic rings. The Morgan fingerprint density at radius 3 is 2.71 bits per heavy atom. The number of ether oxygens (including phenoxy) is 1. The number of rotatable bonds is 9. The Hall–Kier alpha value is -1.85. The number of aryl methyl sites for hydroxylation is 1. The second-order valence-corrected chi connectivity index (χ2v) is 10.3. The van der Waals surface area contributed by atoms with Crippen LogP contribution in [-0.4, -0.2) is 49.7 Å². The zero-order chi connectivity index (χ0) is 20.9. The zero-order valence-electron chi connectivity index (χ0n) is 16.4. The number of methoxy groups -OCH3 is 1. The standard InChI is InChI=1S/C17H24N4O4S3/c1-6-9-26-17-20-19-16(27-17)18-15(22)12(3)21(28(5,23)24)13-10-11(2)7-8-14(13)25-4/h7-8,10,12H,6,9H2,1-5H3,(H,18,19,22)/t12-/m1/s1. The number of carbonyl (C=O) groups is 1. The summed E-state index contributed by atoms with van der Waals surface area (Å²) in [5.74, 6) is 0.774. The van der Waals surface area contributed by atoms with E-state index in [9.17, 15) is 13.2 Å². The van der Waals surface area contributed by atoms with Crippen molar-refractivity contribution in [1.82, 2.24) is 10.2 Å². The third kappa shape index (κ3) is 5.58. The molecule has 1 aromatic carbocycles. The topological polar surface area (TPSA) is 101 Å². The molecule has 0 saturated heterocycles. The summed E-state index contributed by atoms with van der Waals surface area (Å²) in [6.07, 6.45) is 2.06. The van der Waals surface area contributed by atoms with Crippen molar-refractivity contribution < 1.29 is 17.9 Å². The van der Waals surface area contributed by atoms with Crippen LogP contribution in [0.5, 0.6) is 5.75 Å². The minimum atomic E-state index is -3.75. The molecule has 154 valence electrons. The quantitative estimate of drug-likeness (QED) is 0.468. The normalized spacial score (nSPS) is 12.5. The van der Waals surface area contributed by atoms with Crippen molar-refractivity contribution in [3.63, 3.8) is 0 Å². The summed E-state index contributed by atoms with van der Waals surface area (Å²) in [4.78, 5) is 12.8. The number of benzene rings is 1. The molecule has 11 heteroatoms. The van der Waals surface area contributed by atoms with Crippen LogP contribution in [0.1, 0.15) is 25.8 Å². The Morgan fingerprint density at radius 2 is 2.11 bits per heavy atom. The largest absolute Gasteiger partial charge is 0.495 e. The lowest BCUT2D eigenvalue weighted by Gasteiger charge is -2.29. The van der Waals surface area contributed by atoms with Crippen LogP contribution in [-0.2, 0) is 14.8 Å².